The van der Waals surface area contributed by atoms with E-state index in [1.54, 1.807) is 5.92 Å². The van der Waals surface area contributed by atoms with Gasteiger partial charge in [0.25, 0.3) is 0 Å². The molecule has 14 heteroatoms. The van der Waals surface area contributed by atoms with Crippen LogP contribution in [0.25, 0.3) is 10.9 Å². The predicted octanol–water partition coefficient (Wildman–Crippen LogP) is -4.61. The number of hydrogen-bond donors (Lipinski definition) is 1. The Hall–Kier alpha value is -0.450. The molecule has 1 atom stereocenters. The Kier molecular flexibility index (Phi) is 11.8. The van der Waals surface area contributed by atoms with E-state index in [1.165, 1.54) is 29.3 Å². The fourth-order valence-corrected chi connectivity index (χ4v) is 14.7. The van der Waals surface area contributed by atoms with Crippen LogP contribution in [0.15, 0.2) is 35.3 Å². The van der Waals surface area contributed by atoms with Crippen molar-refractivity contribution in [3.05, 3.63) is 63.4 Å². The molecule has 39 heavy (non-hydrogen) atoms. The van der Waals surface area contributed by atoms with Crippen LogP contribution in [0.3, 0.4) is 0 Å². The molecule has 3 heterocycles. The number of carbonyl (C=O) groups excluding carboxylic acids is 1. The molecule has 1 unspecified atom stereocenters. The second kappa shape index (κ2) is 14.6. The third-order valence-electron chi connectivity index (χ3n) is 6.18. The number of hydrogen-bond acceptors (Lipinski definition) is 6. The second-order valence-corrected chi connectivity index (χ2v) is 21.7. The SMILES string of the molecule is C[C-]1CCCCC([I-]c2nc3cc([I-]N(I)CCOI)ccc3c(=O)n2[I-]c2cnc3c(c2)NC(=O)C3)C1.[Lr]. The van der Waals surface area contributed by atoms with Gasteiger partial charge in [0, 0.05) is 0 Å². The second-order valence-electron chi connectivity index (χ2n) is 9.12. The first-order valence-electron chi connectivity index (χ1n) is 12.2. The fourth-order valence-electron chi connectivity index (χ4n) is 4.37. The molecular formula is C25H26I5LrN5O3-4. The molecule has 1 aliphatic heterocycles. The summed E-state index contributed by atoms with van der Waals surface area (Å²) in [6, 6.07) is 8.19. The van der Waals surface area contributed by atoms with Gasteiger partial charge in [-0.15, -0.1) is 0 Å². The van der Waals surface area contributed by atoms with Gasteiger partial charge >= 0.3 is 286 Å². The molecule has 0 bridgehead atoms. The number of nitrogens with zero attached hydrogens (tertiary/aromatic N) is 4. The summed E-state index contributed by atoms with van der Waals surface area (Å²) < 4.78 is 13.4. The smallest absolute Gasteiger partial charge is 0 e. The molecule has 1 amide bonds. The number of nitrogens with one attached hydrogen (secondary N) is 1. The van der Waals surface area contributed by atoms with E-state index in [0.717, 1.165) is 37.3 Å². The maximum absolute atomic E-state index is 13.9. The molecule has 3 aromatic rings. The Bertz CT molecular complexity index is 1390. The molecule has 0 spiro atoms. The van der Waals surface area contributed by atoms with Crippen molar-refractivity contribution >= 4 is 68.4 Å². The zero-order chi connectivity index (χ0) is 26.6. The van der Waals surface area contributed by atoms with E-state index in [0.29, 0.717) is 22.3 Å². The minimum absolute atomic E-state index is 0. The first kappa shape index (κ1) is 31.5. The molecule has 1 fully saturated rings. The van der Waals surface area contributed by atoms with Crippen LogP contribution < -0.4 is 75.0 Å². The quantitative estimate of drug-likeness (QED) is 0.0581. The summed E-state index contributed by atoms with van der Waals surface area (Å²) >= 11 is 2.62. The zero-order valence-corrected chi connectivity index (χ0v) is 33.7. The van der Waals surface area contributed by atoms with Crippen LogP contribution in [0.1, 0.15) is 44.7 Å². The van der Waals surface area contributed by atoms with E-state index in [2.05, 4.69) is 53.5 Å². The van der Waals surface area contributed by atoms with Crippen LogP contribution >= 0.6 is 45.9 Å². The van der Waals surface area contributed by atoms with E-state index in [1.807, 2.05) is 44.1 Å². The first-order valence-corrected chi connectivity index (χ1v) is 20.4. The number of amides is 1. The minimum atomic E-state index is -0.857. The van der Waals surface area contributed by atoms with Gasteiger partial charge in [0.15, 0.2) is 0 Å². The normalized spacial score (nSPS) is 17.9. The predicted molar refractivity (Wildman–Crippen MR) is 151 cm³/mol. The van der Waals surface area contributed by atoms with Crippen LogP contribution in [0.5, 0.6) is 0 Å². The number of fused-ring (bicyclic) bond motifs is 2. The molecule has 2 aliphatic rings. The van der Waals surface area contributed by atoms with Gasteiger partial charge in [-0.2, -0.15) is 0 Å². The minimum Gasteiger partial charge on any atom is 0 e. The van der Waals surface area contributed by atoms with Crippen LogP contribution in [0, 0.1) is 16.9 Å². The van der Waals surface area contributed by atoms with Gasteiger partial charge in [-0.3, -0.25) is 0 Å². The van der Waals surface area contributed by atoms with Crippen molar-refractivity contribution in [2.45, 2.75) is 49.4 Å². The van der Waals surface area contributed by atoms with Crippen molar-refractivity contribution in [1.29, 1.82) is 0 Å². The standard InChI is InChI=1S/C25H26I5N5O3.Lr/c1-15-4-2-3-5-16(10-15)28-25-33-20-11-17(29-34(26)8-9-38-27)6-7-19(20)24(37)35(25)30-18-12-22-21(31-14-18)13-23(36)32-22;/h6-7,11-12,14,16H,2-5,8-10,13H2,1H3,(H,32,36);/q-4;. The molecule has 8 nitrogen and oxygen atoms in total. The average molecular weight is 1340 g/mol. The number of rotatable bonds is 9. The zero-order valence-electron chi connectivity index (χ0n) is 20.8. The number of halogens is 5. The van der Waals surface area contributed by atoms with Gasteiger partial charge in [-0.25, -0.2) is 0 Å². The third-order valence-corrected chi connectivity index (χ3v) is 17.2. The summed E-state index contributed by atoms with van der Waals surface area (Å²) in [6.07, 6.45) is 8.29. The Morgan fingerprint density at radius 2 is 2.10 bits per heavy atom. The van der Waals surface area contributed by atoms with Crippen LogP contribution in [-0.2, 0) is 14.3 Å². The maximum Gasteiger partial charge on any atom is 0 e. The largest absolute Gasteiger partial charge is 0 e. The molecule has 223 valence electrons. The van der Waals surface area contributed by atoms with Crippen molar-refractivity contribution < 1.29 is 72.0 Å². The van der Waals surface area contributed by atoms with Gasteiger partial charge in [0.05, 0.1) is 0 Å². The van der Waals surface area contributed by atoms with Crippen molar-refractivity contribution in [1.82, 2.24) is 14.1 Å². The molecule has 1 saturated carbocycles. The van der Waals surface area contributed by atoms with Crippen molar-refractivity contribution in [2.75, 3.05) is 18.5 Å². The molecule has 1 aliphatic carbocycles. The number of aromatic nitrogens is 3. The summed E-state index contributed by atoms with van der Waals surface area (Å²) in [5, 5.41) is 3.59. The molecular weight excluding hydrogens is 1310 g/mol. The Morgan fingerprint density at radius 3 is 2.92 bits per heavy atom. The van der Waals surface area contributed by atoms with Crippen LogP contribution in [-0.4, -0.2) is 37.1 Å². The maximum atomic E-state index is 13.9. The number of anilines is 1. The van der Waals surface area contributed by atoms with E-state index < -0.39 is 42.7 Å². The molecule has 1 radical (unpaired) electrons. The summed E-state index contributed by atoms with van der Waals surface area (Å²) in [5.74, 6) is 1.56. The third kappa shape index (κ3) is 8.10. The van der Waals surface area contributed by atoms with Crippen molar-refractivity contribution in [3.8, 4) is 0 Å². The molecule has 1 aromatic carbocycles. The van der Waals surface area contributed by atoms with Crippen LogP contribution in [0.4, 0.5) is 5.69 Å². The van der Waals surface area contributed by atoms with Crippen LogP contribution in [0.2, 0.25) is 0 Å². The van der Waals surface area contributed by atoms with Gasteiger partial charge in [-0.05, 0) is 0 Å². The van der Waals surface area contributed by atoms with Crippen molar-refractivity contribution in [2.24, 2.45) is 0 Å². The molecule has 2 aromatic heterocycles. The van der Waals surface area contributed by atoms with E-state index >= 15 is 0 Å². The van der Waals surface area contributed by atoms with E-state index in [-0.39, 0.29) is 32.9 Å². The molecule has 1 N–H and O–H groups in total. The number of benzene rings is 1. The number of pyridine rings is 1. The van der Waals surface area contributed by atoms with E-state index in [9.17, 15) is 9.59 Å². The Morgan fingerprint density at radius 1 is 1.26 bits per heavy atom. The fraction of sp³-hybridized carbons (Fsp3) is 0.400. The number of carbonyl (C=O) groups is 1. The number of alkyl halides is 1. The molecule has 5 rings (SSSR count). The van der Waals surface area contributed by atoms with Gasteiger partial charge in [0.1, 0.15) is 0 Å². The summed E-state index contributed by atoms with van der Waals surface area (Å²) in [7, 11) is 0. The summed E-state index contributed by atoms with van der Waals surface area (Å²) in [5.41, 5.74) is 2.45. The van der Waals surface area contributed by atoms with Gasteiger partial charge < -0.3 is 0 Å². The van der Waals surface area contributed by atoms with Gasteiger partial charge in [-0.1, -0.05) is 0 Å². The van der Waals surface area contributed by atoms with Crippen molar-refractivity contribution in [3.63, 3.8) is 0 Å². The van der Waals surface area contributed by atoms with E-state index in [4.69, 9.17) is 8.05 Å². The summed E-state index contributed by atoms with van der Waals surface area (Å²) in [6.45, 7) is 3.85. The Balaban J connectivity index is 0.00000353. The molecule has 0 saturated heterocycles. The Labute approximate surface area is 281 Å². The first-order chi connectivity index (χ1) is 18.4. The average Bonchev–Trinajstić information content (AvgIpc) is 3.13. The van der Waals surface area contributed by atoms with Gasteiger partial charge in [0.2, 0.25) is 0 Å². The summed E-state index contributed by atoms with van der Waals surface area (Å²) in [4.78, 5) is 35.5. The topological polar surface area (TPSA) is 89.3 Å². The monoisotopic (exact) mass is 1340 g/mol.